The maximum absolute atomic E-state index is 14.1. The summed E-state index contributed by atoms with van der Waals surface area (Å²) in [6, 6.07) is 9.08. The van der Waals surface area contributed by atoms with Crippen LogP contribution in [0.1, 0.15) is 18.0 Å². The van der Waals surface area contributed by atoms with Crippen molar-refractivity contribution in [3.63, 3.8) is 0 Å². The highest BCUT2D eigenvalue weighted by atomic mass is 19.1. The predicted molar refractivity (Wildman–Crippen MR) is 113 cm³/mol. The standard InChI is InChI=1S/C22H17F2N5O3/c23-16-2-1-3-17(24)21(16)18(28-22(31)32)8-20(30)29-19-7-14-6-12(15-10-26-27-11-15)4-5-13(14)9-25-19/h1-7,9-11,18,28H,8H2,(H,26,27)(H,31,32)(H,25,29,30). The number of hydrogen-bond donors (Lipinski definition) is 4. The van der Waals surface area contributed by atoms with E-state index in [2.05, 4.69) is 20.5 Å². The monoisotopic (exact) mass is 437 g/mol. The lowest BCUT2D eigenvalue weighted by molar-refractivity contribution is -0.116. The fraction of sp³-hybridized carbons (Fsp3) is 0.0909. The van der Waals surface area contributed by atoms with Crippen LogP contribution in [0.3, 0.4) is 0 Å². The number of halogens is 2. The number of hydrogen-bond acceptors (Lipinski definition) is 4. The molecule has 0 saturated heterocycles. The van der Waals surface area contributed by atoms with Crippen molar-refractivity contribution in [3.05, 3.63) is 78.3 Å². The number of aromatic nitrogens is 3. The van der Waals surface area contributed by atoms with Crippen LogP contribution in [0.5, 0.6) is 0 Å². The minimum Gasteiger partial charge on any atom is -0.465 e. The molecule has 8 nitrogen and oxygen atoms in total. The maximum Gasteiger partial charge on any atom is 0.405 e. The Morgan fingerprint density at radius 3 is 2.50 bits per heavy atom. The van der Waals surface area contributed by atoms with Crippen molar-refractivity contribution in [2.75, 3.05) is 5.32 Å². The van der Waals surface area contributed by atoms with Crippen LogP contribution in [0.4, 0.5) is 19.4 Å². The Balaban J connectivity index is 1.56. The molecule has 4 aromatic rings. The topological polar surface area (TPSA) is 120 Å². The van der Waals surface area contributed by atoms with E-state index in [-0.39, 0.29) is 5.82 Å². The molecule has 4 rings (SSSR count). The van der Waals surface area contributed by atoms with E-state index in [1.807, 2.05) is 23.5 Å². The number of benzene rings is 2. The Labute approximate surface area is 180 Å². The largest absolute Gasteiger partial charge is 0.465 e. The average Bonchev–Trinajstić information content (AvgIpc) is 3.27. The highest BCUT2D eigenvalue weighted by Gasteiger charge is 2.25. The van der Waals surface area contributed by atoms with Crippen LogP contribution in [0, 0.1) is 11.6 Å². The summed E-state index contributed by atoms with van der Waals surface area (Å²) in [4.78, 5) is 27.8. The van der Waals surface area contributed by atoms with Crippen LogP contribution < -0.4 is 10.6 Å². The summed E-state index contributed by atoms with van der Waals surface area (Å²) in [7, 11) is 0. The lowest BCUT2D eigenvalue weighted by Gasteiger charge is -2.18. The van der Waals surface area contributed by atoms with E-state index in [0.29, 0.717) is 0 Å². The summed E-state index contributed by atoms with van der Waals surface area (Å²) >= 11 is 0. The molecule has 2 aromatic heterocycles. The molecular weight excluding hydrogens is 420 g/mol. The molecule has 2 aromatic carbocycles. The molecule has 0 aliphatic rings. The first-order chi connectivity index (χ1) is 15.4. The maximum atomic E-state index is 14.1. The van der Waals surface area contributed by atoms with Gasteiger partial charge in [-0.05, 0) is 35.2 Å². The van der Waals surface area contributed by atoms with Crippen LogP contribution in [0.2, 0.25) is 0 Å². The Hall–Kier alpha value is -4.34. The number of carboxylic acid groups (broad SMARTS) is 1. The fourth-order valence-corrected chi connectivity index (χ4v) is 3.39. The highest BCUT2D eigenvalue weighted by Crippen LogP contribution is 2.26. The highest BCUT2D eigenvalue weighted by molar-refractivity contribution is 5.94. The number of nitrogens with zero attached hydrogens (tertiary/aromatic N) is 2. The summed E-state index contributed by atoms with van der Waals surface area (Å²) in [6.07, 6.45) is 2.97. The molecule has 1 unspecified atom stereocenters. The van der Waals surface area contributed by atoms with Gasteiger partial charge in [-0.1, -0.05) is 18.2 Å². The first-order valence-electron chi connectivity index (χ1n) is 9.53. The predicted octanol–water partition coefficient (Wildman–Crippen LogP) is 4.24. The molecule has 32 heavy (non-hydrogen) atoms. The zero-order valence-corrected chi connectivity index (χ0v) is 16.5. The molecule has 4 N–H and O–H groups in total. The van der Waals surface area contributed by atoms with Gasteiger partial charge in [-0.25, -0.2) is 18.6 Å². The van der Waals surface area contributed by atoms with Crippen molar-refractivity contribution in [2.24, 2.45) is 0 Å². The molecule has 0 saturated carbocycles. The lowest BCUT2D eigenvalue weighted by atomic mass is 10.0. The van der Waals surface area contributed by atoms with Crippen LogP contribution in [-0.4, -0.2) is 32.3 Å². The lowest BCUT2D eigenvalue weighted by Crippen LogP contribution is -2.31. The second-order valence-electron chi connectivity index (χ2n) is 7.01. The molecule has 0 radical (unpaired) electrons. The van der Waals surface area contributed by atoms with Gasteiger partial charge in [0.15, 0.2) is 0 Å². The van der Waals surface area contributed by atoms with E-state index in [9.17, 15) is 18.4 Å². The van der Waals surface area contributed by atoms with Gasteiger partial charge in [-0.3, -0.25) is 9.89 Å². The van der Waals surface area contributed by atoms with Crippen molar-refractivity contribution in [2.45, 2.75) is 12.5 Å². The first kappa shape index (κ1) is 20.9. The number of fused-ring (bicyclic) bond motifs is 1. The normalized spacial score (nSPS) is 11.8. The number of carbonyl (C=O) groups excluding carboxylic acids is 1. The van der Waals surface area contributed by atoms with E-state index in [4.69, 9.17) is 5.11 Å². The van der Waals surface area contributed by atoms with Gasteiger partial charge in [0.05, 0.1) is 18.7 Å². The molecule has 10 heteroatoms. The Morgan fingerprint density at radius 1 is 1.03 bits per heavy atom. The number of amides is 2. The molecule has 0 bridgehead atoms. The zero-order chi connectivity index (χ0) is 22.7. The Morgan fingerprint density at radius 2 is 1.81 bits per heavy atom. The Kier molecular flexibility index (Phi) is 5.75. The number of anilines is 1. The molecule has 0 aliphatic heterocycles. The molecule has 2 heterocycles. The molecule has 2 amide bonds. The summed E-state index contributed by atoms with van der Waals surface area (Å²) in [5, 5.41) is 21.9. The van der Waals surface area contributed by atoms with E-state index >= 15 is 0 Å². The van der Waals surface area contributed by atoms with E-state index in [1.165, 1.54) is 0 Å². The fourth-order valence-electron chi connectivity index (χ4n) is 3.39. The van der Waals surface area contributed by atoms with Gasteiger partial charge in [0, 0.05) is 28.9 Å². The number of nitrogens with one attached hydrogen (secondary N) is 3. The van der Waals surface area contributed by atoms with E-state index in [0.717, 1.165) is 40.1 Å². The van der Waals surface area contributed by atoms with Gasteiger partial charge in [-0.15, -0.1) is 0 Å². The van der Waals surface area contributed by atoms with Gasteiger partial charge in [0.1, 0.15) is 17.5 Å². The van der Waals surface area contributed by atoms with E-state index < -0.39 is 41.7 Å². The third kappa shape index (κ3) is 4.53. The molecule has 162 valence electrons. The minimum atomic E-state index is -1.51. The summed E-state index contributed by atoms with van der Waals surface area (Å²) in [6.45, 7) is 0. The van der Waals surface area contributed by atoms with Gasteiger partial charge in [0.25, 0.3) is 0 Å². The van der Waals surface area contributed by atoms with Crippen LogP contribution in [0.15, 0.2) is 61.1 Å². The van der Waals surface area contributed by atoms with Gasteiger partial charge in [0.2, 0.25) is 5.91 Å². The van der Waals surface area contributed by atoms with Crippen LogP contribution in [0.25, 0.3) is 21.9 Å². The SMILES string of the molecule is O=C(O)NC(CC(=O)Nc1cc2cc(-c3cn[nH]c3)ccc2cn1)c1c(F)cccc1F. The average molecular weight is 437 g/mol. The summed E-state index contributed by atoms with van der Waals surface area (Å²) in [5.74, 6) is -2.35. The van der Waals surface area contributed by atoms with Crippen LogP contribution in [-0.2, 0) is 4.79 Å². The molecule has 0 spiro atoms. The van der Waals surface area contributed by atoms with Gasteiger partial charge >= 0.3 is 6.09 Å². The van der Waals surface area contributed by atoms with Crippen molar-refractivity contribution in [3.8, 4) is 11.1 Å². The first-order valence-corrected chi connectivity index (χ1v) is 9.53. The van der Waals surface area contributed by atoms with Gasteiger partial charge < -0.3 is 15.7 Å². The zero-order valence-electron chi connectivity index (χ0n) is 16.5. The van der Waals surface area contributed by atoms with Gasteiger partial charge in [-0.2, -0.15) is 5.10 Å². The second kappa shape index (κ2) is 8.80. The molecule has 1 atom stereocenters. The number of rotatable bonds is 6. The number of H-pyrrole nitrogens is 1. The second-order valence-corrected chi connectivity index (χ2v) is 7.01. The third-order valence-electron chi connectivity index (χ3n) is 4.86. The van der Waals surface area contributed by atoms with Crippen molar-refractivity contribution in [1.29, 1.82) is 0 Å². The summed E-state index contributed by atoms with van der Waals surface area (Å²) in [5.41, 5.74) is 1.28. The smallest absolute Gasteiger partial charge is 0.405 e. The van der Waals surface area contributed by atoms with Crippen molar-refractivity contribution >= 4 is 28.6 Å². The van der Waals surface area contributed by atoms with Crippen molar-refractivity contribution < 1.29 is 23.5 Å². The summed E-state index contributed by atoms with van der Waals surface area (Å²) < 4.78 is 28.3. The van der Waals surface area contributed by atoms with E-state index in [1.54, 1.807) is 24.7 Å². The molecular formula is C22H17F2N5O3. The number of pyridine rings is 1. The van der Waals surface area contributed by atoms with Crippen molar-refractivity contribution in [1.82, 2.24) is 20.5 Å². The molecule has 0 aliphatic carbocycles. The molecule has 0 fully saturated rings. The Bertz CT molecular complexity index is 1270. The number of aromatic amines is 1. The third-order valence-corrected chi connectivity index (χ3v) is 4.86. The number of carbonyl (C=O) groups is 2. The van der Waals surface area contributed by atoms with Crippen LogP contribution >= 0.6 is 0 Å². The quantitative estimate of drug-likeness (QED) is 0.360. The minimum absolute atomic E-state index is 0.218.